The Morgan fingerprint density at radius 1 is 1.50 bits per heavy atom. The van der Waals surface area contributed by atoms with Crippen molar-refractivity contribution in [3.8, 4) is 0 Å². The maximum Gasteiger partial charge on any atom is 0.527 e. The van der Waals surface area contributed by atoms with Gasteiger partial charge in [-0.25, -0.2) is 9.36 Å². The van der Waals surface area contributed by atoms with E-state index in [1.54, 1.807) is 0 Å². The molecule has 14 heavy (non-hydrogen) atoms. The number of ether oxygens (including phenoxy) is 1. The largest absolute Gasteiger partial charge is 0.527 e. The van der Waals surface area contributed by atoms with Crippen LogP contribution in [0.15, 0.2) is 11.3 Å². The lowest BCUT2D eigenvalue weighted by atomic mass is 10.0. The summed E-state index contributed by atoms with van der Waals surface area (Å²) in [5.74, 6) is -0.690. The molecule has 0 bridgehead atoms. The highest BCUT2D eigenvalue weighted by Crippen LogP contribution is 2.50. The summed E-state index contributed by atoms with van der Waals surface area (Å²) >= 11 is 0. The van der Waals surface area contributed by atoms with Crippen molar-refractivity contribution in [1.82, 2.24) is 0 Å². The van der Waals surface area contributed by atoms with Crippen LogP contribution in [0.5, 0.6) is 0 Å². The van der Waals surface area contributed by atoms with Gasteiger partial charge in [-0.2, -0.15) is 0 Å². The molecule has 6 nitrogen and oxygen atoms in total. The van der Waals surface area contributed by atoms with E-state index in [0.717, 1.165) is 0 Å². The maximum absolute atomic E-state index is 11.2. The number of allylic oxidation sites excluding steroid dienone is 1. The van der Waals surface area contributed by atoms with Crippen LogP contribution in [0.3, 0.4) is 0 Å². The van der Waals surface area contributed by atoms with Gasteiger partial charge in [-0.05, 0) is 6.92 Å². The average molecular weight is 220 g/mol. The smallest absolute Gasteiger partial charge is 0.461 e. The molecule has 0 aliphatic carbocycles. The minimum Gasteiger partial charge on any atom is -0.461 e. The Morgan fingerprint density at radius 2 is 2.21 bits per heavy atom. The first-order valence-corrected chi connectivity index (χ1v) is 5.54. The number of esters is 1. The van der Waals surface area contributed by atoms with E-state index >= 15 is 0 Å². The number of carbonyl (C=O) groups excluding carboxylic acids is 1. The van der Waals surface area contributed by atoms with Gasteiger partial charge in [0.1, 0.15) is 12.4 Å². The van der Waals surface area contributed by atoms with Crippen molar-refractivity contribution in [3.05, 3.63) is 11.3 Å². The van der Waals surface area contributed by atoms with Crippen LogP contribution in [0.1, 0.15) is 6.92 Å². The number of hydrogen-bond donors (Lipinski definition) is 1. The highest BCUT2D eigenvalue weighted by atomic mass is 31.2. The highest BCUT2D eigenvalue weighted by molar-refractivity contribution is 7.47. The van der Waals surface area contributed by atoms with Crippen molar-refractivity contribution in [1.29, 1.82) is 0 Å². The number of fused-ring (bicyclic) bond motifs is 1. The van der Waals surface area contributed by atoms with Crippen LogP contribution < -0.4 is 0 Å². The Labute approximate surface area is 80.1 Å². The highest BCUT2D eigenvalue weighted by Gasteiger charge is 2.40. The predicted molar refractivity (Wildman–Crippen MR) is 44.0 cm³/mol. The second-order valence-electron chi connectivity index (χ2n) is 3.12. The van der Waals surface area contributed by atoms with Crippen LogP contribution in [0, 0.1) is 5.92 Å². The fourth-order valence-electron chi connectivity index (χ4n) is 1.50. The van der Waals surface area contributed by atoms with E-state index in [4.69, 9.17) is 9.63 Å². The quantitative estimate of drug-likeness (QED) is 0.475. The molecular weight excluding hydrogens is 211 g/mol. The second kappa shape index (κ2) is 3.08. The summed E-state index contributed by atoms with van der Waals surface area (Å²) in [4.78, 5) is 20.3. The second-order valence-corrected chi connectivity index (χ2v) is 4.50. The minimum atomic E-state index is -4.03. The van der Waals surface area contributed by atoms with Crippen molar-refractivity contribution >= 4 is 13.8 Å². The number of hydrogen-bond acceptors (Lipinski definition) is 5. The molecule has 0 aromatic heterocycles. The van der Waals surface area contributed by atoms with Gasteiger partial charge in [-0.3, -0.25) is 9.42 Å². The fourth-order valence-corrected chi connectivity index (χ4v) is 2.36. The van der Waals surface area contributed by atoms with Gasteiger partial charge in [0.15, 0.2) is 0 Å². The molecule has 7 heteroatoms. The lowest BCUT2D eigenvalue weighted by molar-refractivity contribution is -0.135. The summed E-state index contributed by atoms with van der Waals surface area (Å²) in [6, 6.07) is 0. The molecule has 0 aromatic rings. The molecule has 0 radical (unpaired) electrons. The number of phosphoric ester groups is 1. The zero-order chi connectivity index (χ0) is 10.3. The summed E-state index contributed by atoms with van der Waals surface area (Å²) < 4.78 is 25.2. The van der Waals surface area contributed by atoms with Gasteiger partial charge in [-0.1, -0.05) is 0 Å². The lowest BCUT2D eigenvalue weighted by Crippen LogP contribution is -2.09. The number of rotatable bonds is 0. The van der Waals surface area contributed by atoms with Crippen LogP contribution in [0.4, 0.5) is 0 Å². The third-order valence-electron chi connectivity index (χ3n) is 2.11. The fraction of sp³-hybridized carbons (Fsp3) is 0.571. The van der Waals surface area contributed by atoms with E-state index in [9.17, 15) is 9.36 Å². The van der Waals surface area contributed by atoms with E-state index in [0.29, 0.717) is 5.57 Å². The van der Waals surface area contributed by atoms with E-state index in [1.807, 2.05) is 0 Å². The first-order valence-electron chi connectivity index (χ1n) is 4.04. The molecule has 0 saturated carbocycles. The third kappa shape index (κ3) is 1.56. The van der Waals surface area contributed by atoms with E-state index in [1.165, 1.54) is 6.92 Å². The van der Waals surface area contributed by atoms with Gasteiger partial charge in [0, 0.05) is 0 Å². The van der Waals surface area contributed by atoms with Gasteiger partial charge in [0.05, 0.1) is 18.1 Å². The lowest BCUT2D eigenvalue weighted by Gasteiger charge is -2.09. The maximum atomic E-state index is 11.2. The summed E-state index contributed by atoms with van der Waals surface area (Å²) in [6.45, 7) is 1.59. The normalized spacial score (nSPS) is 37.3. The van der Waals surface area contributed by atoms with Gasteiger partial charge >= 0.3 is 13.8 Å². The van der Waals surface area contributed by atoms with E-state index < -0.39 is 13.8 Å². The molecule has 2 aliphatic rings. The van der Waals surface area contributed by atoms with Gasteiger partial charge in [0.2, 0.25) is 0 Å². The van der Waals surface area contributed by atoms with Crippen molar-refractivity contribution in [2.45, 2.75) is 6.92 Å². The van der Waals surface area contributed by atoms with E-state index in [2.05, 4.69) is 9.05 Å². The Morgan fingerprint density at radius 3 is 2.93 bits per heavy atom. The molecule has 0 aromatic carbocycles. The SMILES string of the molecule is CC1=C2C(=O)OCC2COP(=O)(O)O1. The van der Waals surface area contributed by atoms with Crippen molar-refractivity contribution in [2.75, 3.05) is 13.2 Å². The zero-order valence-electron chi connectivity index (χ0n) is 7.43. The zero-order valence-corrected chi connectivity index (χ0v) is 8.32. The van der Waals surface area contributed by atoms with Crippen LogP contribution in [0.2, 0.25) is 0 Å². The Hall–Kier alpha value is -0.840. The molecule has 2 rings (SSSR count). The van der Waals surface area contributed by atoms with E-state index in [-0.39, 0.29) is 24.9 Å². The molecule has 0 amide bonds. The molecular formula is C7H9O6P. The van der Waals surface area contributed by atoms with Gasteiger partial charge in [0.25, 0.3) is 0 Å². The first-order chi connectivity index (χ1) is 6.49. The predicted octanol–water partition coefficient (Wildman–Crippen LogP) is 0.581. The first kappa shape index (κ1) is 9.71. The monoisotopic (exact) mass is 220 g/mol. The van der Waals surface area contributed by atoms with Crippen LogP contribution in [-0.2, 0) is 23.1 Å². The molecule has 2 atom stereocenters. The number of carbonyl (C=O) groups is 1. The molecule has 0 spiro atoms. The van der Waals surface area contributed by atoms with Gasteiger partial charge < -0.3 is 9.26 Å². The number of phosphoric acid groups is 1. The van der Waals surface area contributed by atoms with Gasteiger partial charge in [-0.15, -0.1) is 0 Å². The molecule has 2 unspecified atom stereocenters. The third-order valence-corrected chi connectivity index (χ3v) is 3.09. The van der Waals surface area contributed by atoms with Crippen LogP contribution >= 0.6 is 7.82 Å². The van der Waals surface area contributed by atoms with Crippen molar-refractivity contribution < 1.29 is 28.0 Å². The molecule has 2 heterocycles. The standard InChI is InChI=1S/C7H9O6P/c1-4-6-5(2-11-7(6)8)3-12-14(9,10)13-4/h5H,2-3H2,1H3,(H,9,10). The molecule has 1 saturated heterocycles. The molecule has 2 aliphatic heterocycles. The van der Waals surface area contributed by atoms with Crippen molar-refractivity contribution in [3.63, 3.8) is 0 Å². The Balaban J connectivity index is 2.39. The Kier molecular flexibility index (Phi) is 2.14. The Bertz CT molecular complexity index is 359. The summed E-state index contributed by atoms with van der Waals surface area (Å²) in [6.07, 6.45) is 0. The van der Waals surface area contributed by atoms with Crippen LogP contribution in [-0.4, -0.2) is 24.1 Å². The number of cyclic esters (lactones) is 1. The minimum absolute atomic E-state index is 0.0355. The molecule has 1 N–H and O–H groups in total. The summed E-state index contributed by atoms with van der Waals surface area (Å²) in [7, 11) is -4.03. The van der Waals surface area contributed by atoms with Crippen molar-refractivity contribution in [2.24, 2.45) is 5.92 Å². The molecule has 1 fully saturated rings. The summed E-state index contributed by atoms with van der Waals surface area (Å²) in [5.41, 5.74) is 0.303. The summed E-state index contributed by atoms with van der Waals surface area (Å²) in [5, 5.41) is 0. The topological polar surface area (TPSA) is 82.1 Å². The average Bonchev–Trinajstić information content (AvgIpc) is 2.37. The van der Waals surface area contributed by atoms with Crippen LogP contribution in [0.25, 0.3) is 0 Å². The molecule has 78 valence electrons.